The number of halogens is 6. The highest BCUT2D eigenvalue weighted by Gasteiger charge is 2.50. The Kier molecular flexibility index (Phi) is 10.6. The minimum atomic E-state index is -4.46. The molecule has 0 aromatic carbocycles. The number of thioether (sulfide) groups is 1. The highest BCUT2D eigenvalue weighted by Crippen LogP contribution is 2.35. The Balaban J connectivity index is 4.11. The summed E-state index contributed by atoms with van der Waals surface area (Å²) in [5.41, 5.74) is 1.04. The molecule has 0 aliphatic rings. The van der Waals surface area contributed by atoms with Gasteiger partial charge in [-0.3, -0.25) is 5.32 Å². The summed E-state index contributed by atoms with van der Waals surface area (Å²) in [5.74, 6) is 1.11. The largest absolute Gasteiger partial charge is 0.406 e. The molecule has 2 unspecified atom stereocenters. The van der Waals surface area contributed by atoms with E-state index in [4.69, 9.17) is 5.73 Å². The van der Waals surface area contributed by atoms with Gasteiger partial charge in [-0.2, -0.15) is 39.0 Å². The zero-order chi connectivity index (χ0) is 19.8. The van der Waals surface area contributed by atoms with E-state index in [9.17, 15) is 26.3 Å². The molecular formula is C15H28F6N2S2. The van der Waals surface area contributed by atoms with Crippen LogP contribution in [0.15, 0.2) is 0 Å². The minimum Gasteiger partial charge on any atom is -0.318 e. The molecule has 0 amide bonds. The molecule has 0 saturated carbocycles. The number of hydrogen-bond donors (Lipinski definition) is 3. The first-order valence-corrected chi connectivity index (χ1v) is 9.91. The standard InChI is InChI=1S/C15H28F6N2S2/c1-12(22,14(16,17)18)7-4-6-10-25-11-23-13(2,15(19,20)21)8-3-5-9-24/h23-24H,3-11,22H2,1-2H3. The molecule has 25 heavy (non-hydrogen) atoms. The molecule has 0 aromatic rings. The van der Waals surface area contributed by atoms with Crippen molar-refractivity contribution in [1.82, 2.24) is 5.32 Å². The molecular weight excluding hydrogens is 386 g/mol. The van der Waals surface area contributed by atoms with E-state index in [1.807, 2.05) is 0 Å². The fraction of sp³-hybridized carbons (Fsp3) is 1.00. The van der Waals surface area contributed by atoms with Gasteiger partial charge in [-0.05, 0) is 51.0 Å². The van der Waals surface area contributed by atoms with Crippen molar-refractivity contribution < 1.29 is 26.3 Å². The zero-order valence-electron chi connectivity index (χ0n) is 14.6. The molecule has 0 radical (unpaired) electrons. The van der Waals surface area contributed by atoms with Gasteiger partial charge < -0.3 is 5.73 Å². The second-order valence-corrected chi connectivity index (χ2v) is 8.16. The molecule has 3 N–H and O–H groups in total. The molecule has 0 fully saturated rings. The Bertz CT molecular complexity index is 374. The van der Waals surface area contributed by atoms with Gasteiger partial charge in [0.05, 0.1) is 0 Å². The summed E-state index contributed by atoms with van der Waals surface area (Å²) in [6.07, 6.45) is -7.27. The Hall–Kier alpha value is 0.200. The van der Waals surface area contributed by atoms with Gasteiger partial charge in [-0.25, -0.2) is 0 Å². The Morgan fingerprint density at radius 3 is 1.92 bits per heavy atom. The van der Waals surface area contributed by atoms with E-state index < -0.39 is 23.4 Å². The van der Waals surface area contributed by atoms with Crippen LogP contribution in [0, 0.1) is 0 Å². The number of nitrogens with one attached hydrogen (secondary N) is 1. The maximum absolute atomic E-state index is 13.2. The van der Waals surface area contributed by atoms with Crippen molar-refractivity contribution in [2.24, 2.45) is 5.73 Å². The van der Waals surface area contributed by atoms with Crippen molar-refractivity contribution in [3.8, 4) is 0 Å². The first kappa shape index (κ1) is 25.2. The van der Waals surface area contributed by atoms with Gasteiger partial charge >= 0.3 is 12.4 Å². The third kappa shape index (κ3) is 9.10. The third-order valence-corrected chi connectivity index (χ3v) is 5.40. The van der Waals surface area contributed by atoms with Crippen molar-refractivity contribution in [2.75, 3.05) is 17.4 Å². The lowest BCUT2D eigenvalue weighted by molar-refractivity contribution is -0.192. The third-order valence-electron chi connectivity index (χ3n) is 4.16. The second kappa shape index (κ2) is 10.5. The summed E-state index contributed by atoms with van der Waals surface area (Å²) in [7, 11) is 0. The first-order valence-electron chi connectivity index (χ1n) is 8.13. The van der Waals surface area contributed by atoms with Gasteiger partial charge in [-0.15, -0.1) is 11.8 Å². The fourth-order valence-electron chi connectivity index (χ4n) is 2.04. The topological polar surface area (TPSA) is 38.0 Å². The van der Waals surface area contributed by atoms with E-state index in [1.54, 1.807) is 0 Å². The second-order valence-electron chi connectivity index (χ2n) is 6.61. The number of hydrogen-bond acceptors (Lipinski definition) is 4. The first-order chi connectivity index (χ1) is 11.3. The van der Waals surface area contributed by atoms with Gasteiger partial charge in [0.15, 0.2) is 0 Å². The molecule has 0 aromatic heterocycles. The van der Waals surface area contributed by atoms with Crippen LogP contribution in [0.2, 0.25) is 0 Å². The quantitative estimate of drug-likeness (QED) is 0.179. The molecule has 2 nitrogen and oxygen atoms in total. The predicted octanol–water partition coefficient (Wildman–Crippen LogP) is 5.14. The van der Waals surface area contributed by atoms with Gasteiger partial charge in [0.1, 0.15) is 11.1 Å². The Morgan fingerprint density at radius 1 is 0.880 bits per heavy atom. The molecule has 0 aliphatic carbocycles. The lowest BCUT2D eigenvalue weighted by Crippen LogP contribution is -2.54. The maximum atomic E-state index is 13.2. The van der Waals surface area contributed by atoms with E-state index in [0.717, 1.165) is 13.8 Å². The van der Waals surface area contributed by atoms with Gasteiger partial charge in [0.2, 0.25) is 0 Å². The van der Waals surface area contributed by atoms with Crippen LogP contribution in [0.25, 0.3) is 0 Å². The highest BCUT2D eigenvalue weighted by molar-refractivity contribution is 7.99. The summed E-state index contributed by atoms with van der Waals surface area (Å²) in [6.45, 7) is 2.08. The molecule has 0 rings (SSSR count). The SMILES string of the molecule is CC(N)(CCCCSCNC(C)(CCCCS)C(F)(F)F)C(F)(F)F. The maximum Gasteiger partial charge on any atom is 0.406 e. The van der Waals surface area contributed by atoms with Crippen molar-refractivity contribution in [1.29, 1.82) is 0 Å². The highest BCUT2D eigenvalue weighted by atomic mass is 32.2. The van der Waals surface area contributed by atoms with Crippen LogP contribution in [-0.2, 0) is 0 Å². The van der Waals surface area contributed by atoms with Crippen molar-refractivity contribution >= 4 is 24.4 Å². The van der Waals surface area contributed by atoms with Crippen LogP contribution in [0.4, 0.5) is 26.3 Å². The lowest BCUT2D eigenvalue weighted by atomic mass is 9.94. The monoisotopic (exact) mass is 414 g/mol. The van der Waals surface area contributed by atoms with Crippen LogP contribution in [0.1, 0.15) is 52.4 Å². The Morgan fingerprint density at radius 2 is 1.44 bits per heavy atom. The molecule has 0 spiro atoms. The summed E-state index contributed by atoms with van der Waals surface area (Å²) < 4.78 is 77.3. The van der Waals surface area contributed by atoms with Crippen LogP contribution in [0.3, 0.4) is 0 Å². The number of rotatable bonds is 12. The Labute approximate surface area is 155 Å². The van der Waals surface area contributed by atoms with E-state index in [2.05, 4.69) is 17.9 Å². The average molecular weight is 415 g/mol. The van der Waals surface area contributed by atoms with Crippen LogP contribution >= 0.6 is 24.4 Å². The number of nitrogens with two attached hydrogens (primary N) is 1. The van der Waals surface area contributed by atoms with Crippen LogP contribution in [0.5, 0.6) is 0 Å². The normalized spacial score (nSPS) is 18.0. The van der Waals surface area contributed by atoms with Crippen molar-refractivity contribution in [2.45, 2.75) is 75.8 Å². The summed E-state index contributed by atoms with van der Waals surface area (Å²) in [6, 6.07) is 0. The van der Waals surface area contributed by atoms with E-state index >= 15 is 0 Å². The molecule has 0 saturated heterocycles. The van der Waals surface area contributed by atoms with Crippen molar-refractivity contribution in [3.05, 3.63) is 0 Å². The molecule has 0 bridgehead atoms. The summed E-state index contributed by atoms with van der Waals surface area (Å²) in [5, 5.41) is 2.53. The van der Waals surface area contributed by atoms with E-state index in [0.29, 0.717) is 30.8 Å². The van der Waals surface area contributed by atoms with Gasteiger partial charge in [0.25, 0.3) is 0 Å². The smallest absolute Gasteiger partial charge is 0.318 e. The molecule has 0 heterocycles. The number of unbranched alkanes of at least 4 members (excludes halogenated alkanes) is 2. The minimum absolute atomic E-state index is 0.0330. The molecule has 0 aliphatic heterocycles. The molecule has 152 valence electrons. The lowest BCUT2D eigenvalue weighted by Gasteiger charge is -2.33. The fourth-order valence-corrected chi connectivity index (χ4v) is 3.24. The molecule has 2 atom stereocenters. The zero-order valence-corrected chi connectivity index (χ0v) is 16.3. The van der Waals surface area contributed by atoms with Gasteiger partial charge in [-0.1, -0.05) is 12.8 Å². The van der Waals surface area contributed by atoms with Gasteiger partial charge in [0, 0.05) is 5.88 Å². The van der Waals surface area contributed by atoms with Crippen molar-refractivity contribution in [3.63, 3.8) is 0 Å². The van der Waals surface area contributed by atoms with E-state index in [1.165, 1.54) is 11.8 Å². The summed E-state index contributed by atoms with van der Waals surface area (Å²) >= 11 is 5.24. The van der Waals surface area contributed by atoms with Crippen LogP contribution in [-0.4, -0.2) is 40.8 Å². The predicted molar refractivity (Wildman–Crippen MR) is 95.1 cm³/mol. The average Bonchev–Trinajstić information content (AvgIpc) is 2.44. The number of thiol groups is 1. The molecule has 10 heteroatoms. The van der Waals surface area contributed by atoms with Crippen LogP contribution < -0.4 is 11.1 Å². The number of alkyl halides is 6. The van der Waals surface area contributed by atoms with E-state index in [-0.39, 0.29) is 25.1 Å². The summed E-state index contributed by atoms with van der Waals surface area (Å²) in [4.78, 5) is 0.